The van der Waals surface area contributed by atoms with Gasteiger partial charge < -0.3 is 82.1 Å². The Balaban J connectivity index is 0.664. The predicted molar refractivity (Wildman–Crippen MR) is 336 cm³/mol. The number of nitrogens with one attached hydrogen (secondary N) is 2. The van der Waals surface area contributed by atoms with Gasteiger partial charge in [0.15, 0.2) is 45.3 Å². The molecule has 0 amide bonds. The van der Waals surface area contributed by atoms with E-state index in [4.69, 9.17) is 88.5 Å². The van der Waals surface area contributed by atoms with Crippen molar-refractivity contribution in [3.63, 3.8) is 0 Å². The van der Waals surface area contributed by atoms with Crippen LogP contribution in [-0.4, -0.2) is 211 Å². The van der Waals surface area contributed by atoms with Gasteiger partial charge >= 0.3 is 37.0 Å². The molecule has 0 spiro atoms. The second-order valence-electron chi connectivity index (χ2n) is 23.5. The number of aromatic amines is 2. The number of nitrogen functional groups attached to an aromatic ring is 5. The molecule has 0 aliphatic carbocycles. The lowest BCUT2D eigenvalue weighted by Gasteiger charge is -2.25. The average Bonchev–Trinajstić information content (AvgIpc) is 1.65. The summed E-state index contributed by atoms with van der Waals surface area (Å²) in [5, 5.41) is 21.2. The summed E-state index contributed by atoms with van der Waals surface area (Å²) in [6, 6.07) is 1.24. The SMILES string of the molecule is Nc1ccn([C@H]2C[C@H](OP(=O)(O)OC[C@H]3O[C@@H](n4cnc5c(=O)[nH]c(N)nc54)C[C@@H]3O)[C@@H](COP(=O)(O)O[C@H]3C[C@H](n4cnc5c(N)ncnc54)O[C@@H]3COP(=O)(O)O[C@H]3C[C@H](n4cnc5c(=O)[nH]c(N)nc54)O[C@@H]3COP(=O)(O)O[C@H]3C[C@H](n4cnc5c(N)ncnc54)O[C@@H]3CO)O2)c(=O)n1. The molecule has 14 heterocycles. The highest BCUT2D eigenvalue weighted by Crippen LogP contribution is 2.55. The lowest BCUT2D eigenvalue weighted by molar-refractivity contribution is -0.0637. The second kappa shape index (κ2) is 27.8. The second-order valence-corrected chi connectivity index (χ2v) is 29.1. The van der Waals surface area contributed by atoms with Crippen LogP contribution in [0.4, 0.5) is 29.4 Å². The monoisotopic (exact) mass is 1510 g/mol. The van der Waals surface area contributed by atoms with E-state index >= 15 is 0 Å². The van der Waals surface area contributed by atoms with Gasteiger partial charge in [-0.15, -0.1) is 0 Å². The Hall–Kier alpha value is -8.16. The maximum absolute atomic E-state index is 14.3. The van der Waals surface area contributed by atoms with Crippen LogP contribution in [0.3, 0.4) is 0 Å². The highest BCUT2D eigenvalue weighted by atomic mass is 31.2. The number of nitrogens with zero attached hydrogens (tertiary/aromatic N) is 16. The van der Waals surface area contributed by atoms with Gasteiger partial charge in [0.1, 0.15) is 116 Å². The Morgan fingerprint density at radius 1 is 0.451 bits per heavy atom. The highest BCUT2D eigenvalue weighted by molar-refractivity contribution is 7.48. The van der Waals surface area contributed by atoms with Gasteiger partial charge in [0.05, 0.1) is 64.4 Å². The smallest absolute Gasteiger partial charge is 0.394 e. The predicted octanol–water partition coefficient (Wildman–Crippen LogP) is -2.10. The molecule has 5 fully saturated rings. The molecule has 4 unspecified atom stereocenters. The van der Waals surface area contributed by atoms with E-state index in [1.807, 2.05) is 0 Å². The van der Waals surface area contributed by atoms with Crippen LogP contribution in [0, 0.1) is 0 Å². The zero-order valence-electron chi connectivity index (χ0n) is 52.0. The molecule has 18 N–H and O–H groups in total. The molecule has 9 aromatic rings. The fourth-order valence-electron chi connectivity index (χ4n) is 12.2. The minimum absolute atomic E-state index is 0.0194. The quantitative estimate of drug-likeness (QED) is 0.0258. The van der Waals surface area contributed by atoms with Gasteiger partial charge in [0.25, 0.3) is 11.1 Å². The lowest BCUT2D eigenvalue weighted by Crippen LogP contribution is -2.32. The minimum Gasteiger partial charge on any atom is -0.394 e. The number of fused-ring (bicyclic) bond motifs is 4. The molecular weight excluding hydrogens is 1450 g/mol. The van der Waals surface area contributed by atoms with Crippen LogP contribution in [-0.2, 0) is 78.1 Å². The van der Waals surface area contributed by atoms with Crippen molar-refractivity contribution in [2.24, 2.45) is 0 Å². The number of anilines is 5. The molecule has 5 aliphatic heterocycles. The van der Waals surface area contributed by atoms with Gasteiger partial charge in [0.2, 0.25) is 11.9 Å². The van der Waals surface area contributed by atoms with Crippen LogP contribution in [0.25, 0.3) is 44.7 Å². The lowest BCUT2D eigenvalue weighted by atomic mass is 10.2. The molecule has 19 atom stereocenters. The van der Waals surface area contributed by atoms with E-state index in [1.54, 1.807) is 0 Å². The van der Waals surface area contributed by atoms with Crippen LogP contribution in [0.5, 0.6) is 0 Å². The number of nitrogens with two attached hydrogens (primary N) is 5. The number of aliphatic hydroxyl groups is 2. The van der Waals surface area contributed by atoms with Gasteiger partial charge in [-0.1, -0.05) is 0 Å². The van der Waals surface area contributed by atoms with E-state index in [0.717, 1.165) is 17.2 Å². The van der Waals surface area contributed by atoms with Gasteiger partial charge in [0, 0.05) is 38.3 Å². The maximum atomic E-state index is 14.3. The zero-order chi connectivity index (χ0) is 71.9. The number of aromatic nitrogens is 18. The normalized spacial score (nSPS) is 29.3. The van der Waals surface area contributed by atoms with Gasteiger partial charge in [-0.25, -0.2) is 62.9 Å². The van der Waals surface area contributed by atoms with E-state index in [1.165, 1.54) is 55.8 Å². The summed E-state index contributed by atoms with van der Waals surface area (Å²) in [5.74, 6) is -0.704. The molecule has 5 aliphatic rings. The number of phosphoric acid groups is 4. The van der Waals surface area contributed by atoms with Gasteiger partial charge in [-0.3, -0.25) is 78.6 Å². The topological polar surface area (TPSA) is 689 Å². The minimum atomic E-state index is -5.48. The number of rotatable bonds is 26. The number of H-pyrrole nitrogens is 2. The molecular formula is C49H61N23O26P4. The van der Waals surface area contributed by atoms with E-state index in [0.29, 0.717) is 0 Å². The summed E-state index contributed by atoms with van der Waals surface area (Å²) < 4.78 is 137. The Morgan fingerprint density at radius 3 is 1.20 bits per heavy atom. The van der Waals surface area contributed by atoms with E-state index in [9.17, 15) is 62.4 Å². The summed E-state index contributed by atoms with van der Waals surface area (Å²) in [6.45, 7) is -4.41. The van der Waals surface area contributed by atoms with Gasteiger partial charge in [-0.2, -0.15) is 15.0 Å². The Morgan fingerprint density at radius 2 is 0.794 bits per heavy atom. The molecule has 102 heavy (non-hydrogen) atoms. The highest BCUT2D eigenvalue weighted by Gasteiger charge is 2.50. The largest absolute Gasteiger partial charge is 0.472 e. The van der Waals surface area contributed by atoms with Crippen molar-refractivity contribution in [3.8, 4) is 0 Å². The maximum Gasteiger partial charge on any atom is 0.472 e. The van der Waals surface area contributed by atoms with Crippen LogP contribution in [0.1, 0.15) is 63.2 Å². The Kier molecular flexibility index (Phi) is 19.3. The van der Waals surface area contributed by atoms with Crippen molar-refractivity contribution >= 4 is 105 Å². The first kappa shape index (κ1) is 70.9. The molecule has 53 heteroatoms. The van der Waals surface area contributed by atoms with Crippen LogP contribution < -0.4 is 45.5 Å². The van der Waals surface area contributed by atoms with Crippen molar-refractivity contribution in [2.45, 2.75) is 124 Å². The zero-order valence-corrected chi connectivity index (χ0v) is 55.6. The fourth-order valence-corrected chi connectivity index (χ4v) is 16.0. The number of phosphoric ester groups is 4. The summed E-state index contributed by atoms with van der Waals surface area (Å²) in [4.78, 5) is 133. The number of aliphatic hydroxyl groups excluding tert-OH is 2. The molecule has 0 bridgehead atoms. The number of imidazole rings is 4. The third kappa shape index (κ3) is 14.7. The summed E-state index contributed by atoms with van der Waals surface area (Å²) in [7, 11) is -21.4. The molecule has 0 saturated carbocycles. The van der Waals surface area contributed by atoms with Crippen molar-refractivity contribution in [1.82, 2.24) is 87.6 Å². The molecule has 548 valence electrons. The molecule has 14 rings (SSSR count). The first-order valence-electron chi connectivity index (χ1n) is 30.4. The molecule has 0 radical (unpaired) electrons. The van der Waals surface area contributed by atoms with Gasteiger partial charge in [-0.05, 0) is 6.07 Å². The third-order valence-electron chi connectivity index (χ3n) is 16.9. The van der Waals surface area contributed by atoms with Crippen LogP contribution in [0.15, 0.2) is 64.6 Å². The molecule has 0 aromatic carbocycles. The van der Waals surface area contributed by atoms with E-state index in [2.05, 4.69) is 64.8 Å². The van der Waals surface area contributed by atoms with E-state index < -0.39 is 193 Å². The Bertz CT molecular complexity index is 5040. The van der Waals surface area contributed by atoms with Crippen molar-refractivity contribution in [1.29, 1.82) is 0 Å². The van der Waals surface area contributed by atoms with Crippen molar-refractivity contribution in [3.05, 3.63) is 81.4 Å². The standard InChI is InChI=1S/C49H61N23O26P4/c50-29-1-2-68(49(77)63-29)31-5-21(96-99(78,79)86-9-25-19(74)3-30(91-25)71-17-61-37-43(71)64-47(53)66-45(37)75)26(92-31)10-88-101(82,83)97-22-6-33(70-16-60-36-40(52)56-14-58-42(36)70)93-27(22)11-89-102(84,85)98-23-7-34(72-18-62-38-44(72)65-48(54)67-46(38)76)94-28(23)12-87-100(80,81)95-20-4-32(90-24(20)8-73)69-15-59-35-39(51)55-13-57-41(35)69/h1-2,13-28,30-34,73-74H,3-12H2,(H,78,79)(H,80,81)(H,82,83)(H,84,85)(H2,50,63,77)(H2,51,55,57)(H2,52,56,58)(H3,53,64,66,75)(H3,54,65,67,76)/t19-,20-,21-,22-,23-,24+,25+,26+,27+,28+,30+,31+,32+,33+,34+/m0/s1. The fraction of sp³-hybridized carbons (Fsp3) is 0.510. The summed E-state index contributed by atoms with van der Waals surface area (Å²) in [5.41, 5.74) is 27.3. The number of ether oxygens (including phenoxy) is 5. The first-order chi connectivity index (χ1) is 48.5. The Labute approximate surface area is 566 Å². The van der Waals surface area contributed by atoms with Crippen molar-refractivity contribution < 1.29 is 108 Å². The number of hydrogen-bond donors (Lipinski definition) is 13. The first-order valence-corrected chi connectivity index (χ1v) is 36.4. The van der Waals surface area contributed by atoms with Crippen LogP contribution >= 0.6 is 31.3 Å². The summed E-state index contributed by atoms with van der Waals surface area (Å²) >= 11 is 0. The summed E-state index contributed by atoms with van der Waals surface area (Å²) in [6.07, 6.45) is -13.8. The van der Waals surface area contributed by atoms with Crippen LogP contribution in [0.2, 0.25) is 0 Å². The molecule has 49 nitrogen and oxygen atoms in total. The molecule has 5 saturated heterocycles. The average molecular weight is 1510 g/mol. The van der Waals surface area contributed by atoms with E-state index in [-0.39, 0.29) is 86.8 Å². The third-order valence-corrected chi connectivity index (χ3v) is 20.9. The number of hydrogen-bond acceptors (Lipinski definition) is 38. The van der Waals surface area contributed by atoms with Crippen molar-refractivity contribution in [2.75, 3.05) is 61.7 Å². The molecule has 9 aromatic heterocycles.